The number of phenolic OH excluding ortho intramolecular Hbond substituents is 1. The molecule has 176 valence electrons. The number of fused-ring (bicyclic) bond motifs is 2. The Labute approximate surface area is 194 Å². The van der Waals surface area contributed by atoms with E-state index in [1.807, 2.05) is 6.92 Å². The van der Waals surface area contributed by atoms with Gasteiger partial charge in [0.05, 0.1) is 0 Å². The molecule has 4 rings (SSSR count). The topological polar surface area (TPSA) is 142 Å². The van der Waals surface area contributed by atoms with Gasteiger partial charge < -0.3 is 29.7 Å². The van der Waals surface area contributed by atoms with Gasteiger partial charge in [0.25, 0.3) is 5.91 Å². The summed E-state index contributed by atoms with van der Waals surface area (Å²) >= 11 is 0. The number of hydrogen-bond acceptors (Lipinski definition) is 6. The number of ether oxygens (including phenoxy) is 1. The SMILES string of the molecule is Cc1c(C)c2ccc(O[C@H](C)C(=O)N[C@H](Cc3c[nH]c4ccc(O)cc34)C(=O)O)cc2oc1=O. The van der Waals surface area contributed by atoms with Gasteiger partial charge >= 0.3 is 11.6 Å². The summed E-state index contributed by atoms with van der Waals surface area (Å²) in [6.07, 6.45) is 0.653. The summed E-state index contributed by atoms with van der Waals surface area (Å²) in [6, 6.07) is 8.47. The first-order valence-electron chi connectivity index (χ1n) is 10.7. The number of hydrogen-bond donors (Lipinski definition) is 4. The van der Waals surface area contributed by atoms with E-state index in [1.165, 1.54) is 25.1 Å². The molecule has 9 nitrogen and oxygen atoms in total. The van der Waals surface area contributed by atoms with Gasteiger partial charge in [-0.2, -0.15) is 0 Å². The molecule has 2 atom stereocenters. The largest absolute Gasteiger partial charge is 0.508 e. The van der Waals surface area contributed by atoms with Gasteiger partial charge in [-0.15, -0.1) is 0 Å². The maximum atomic E-state index is 12.7. The van der Waals surface area contributed by atoms with E-state index < -0.39 is 29.6 Å². The van der Waals surface area contributed by atoms with Gasteiger partial charge in [0, 0.05) is 40.5 Å². The highest BCUT2D eigenvalue weighted by atomic mass is 16.5. The third kappa shape index (κ3) is 4.45. The molecule has 0 saturated heterocycles. The van der Waals surface area contributed by atoms with Gasteiger partial charge in [-0.3, -0.25) is 4.79 Å². The fourth-order valence-corrected chi connectivity index (χ4v) is 3.80. The van der Waals surface area contributed by atoms with Crippen LogP contribution in [0.25, 0.3) is 21.9 Å². The molecule has 2 aromatic heterocycles. The average molecular weight is 464 g/mol. The second kappa shape index (κ2) is 8.93. The number of amides is 1. The summed E-state index contributed by atoms with van der Waals surface area (Å²) in [4.78, 5) is 39.5. The van der Waals surface area contributed by atoms with Crippen molar-refractivity contribution in [1.29, 1.82) is 0 Å². The Morgan fingerprint density at radius 2 is 1.88 bits per heavy atom. The van der Waals surface area contributed by atoms with Crippen LogP contribution < -0.4 is 15.7 Å². The minimum Gasteiger partial charge on any atom is -0.508 e. The van der Waals surface area contributed by atoms with Gasteiger partial charge in [0.15, 0.2) is 6.10 Å². The molecule has 9 heteroatoms. The molecule has 34 heavy (non-hydrogen) atoms. The van der Waals surface area contributed by atoms with E-state index in [0.29, 0.717) is 27.8 Å². The van der Waals surface area contributed by atoms with Crippen molar-refractivity contribution < 1.29 is 29.0 Å². The number of rotatable bonds is 7. The molecule has 4 N–H and O–H groups in total. The Kier molecular flexibility index (Phi) is 6.02. The van der Waals surface area contributed by atoms with E-state index in [1.54, 1.807) is 31.3 Å². The second-order valence-corrected chi connectivity index (χ2v) is 8.20. The smallest absolute Gasteiger partial charge is 0.339 e. The van der Waals surface area contributed by atoms with E-state index in [0.717, 1.165) is 16.5 Å². The Bertz CT molecular complexity index is 1470. The molecule has 0 bridgehead atoms. The van der Waals surface area contributed by atoms with Gasteiger partial charge in [-0.1, -0.05) is 0 Å². The van der Waals surface area contributed by atoms with Crippen LogP contribution in [0.1, 0.15) is 23.6 Å². The Morgan fingerprint density at radius 1 is 1.12 bits per heavy atom. The quantitative estimate of drug-likeness (QED) is 0.308. The molecule has 1 amide bonds. The minimum atomic E-state index is -1.21. The first-order chi connectivity index (χ1) is 16.1. The number of carboxylic acid groups (broad SMARTS) is 1. The van der Waals surface area contributed by atoms with Crippen molar-refractivity contribution in [2.45, 2.75) is 39.3 Å². The lowest BCUT2D eigenvalue weighted by Gasteiger charge is -2.19. The van der Waals surface area contributed by atoms with Crippen molar-refractivity contribution >= 4 is 33.7 Å². The van der Waals surface area contributed by atoms with E-state index in [4.69, 9.17) is 9.15 Å². The monoisotopic (exact) mass is 464 g/mol. The first kappa shape index (κ1) is 22.9. The van der Waals surface area contributed by atoms with Gasteiger partial charge in [-0.05, 0) is 62.2 Å². The lowest BCUT2D eigenvalue weighted by molar-refractivity contribution is -0.142. The number of phenols is 1. The third-order valence-electron chi connectivity index (χ3n) is 5.90. The molecule has 0 fully saturated rings. The van der Waals surface area contributed by atoms with Crippen molar-refractivity contribution in [1.82, 2.24) is 10.3 Å². The van der Waals surface area contributed by atoms with Crippen LogP contribution in [-0.2, 0) is 16.0 Å². The van der Waals surface area contributed by atoms with Gasteiger partial charge in [0.1, 0.15) is 23.1 Å². The van der Waals surface area contributed by atoms with Crippen molar-refractivity contribution in [3.63, 3.8) is 0 Å². The Balaban J connectivity index is 1.49. The van der Waals surface area contributed by atoms with Crippen molar-refractivity contribution in [3.8, 4) is 11.5 Å². The zero-order valence-corrected chi connectivity index (χ0v) is 18.8. The number of aromatic nitrogens is 1. The summed E-state index contributed by atoms with van der Waals surface area (Å²) < 4.78 is 11.0. The molecular weight excluding hydrogens is 440 g/mol. The van der Waals surface area contributed by atoms with Crippen molar-refractivity contribution in [2.24, 2.45) is 0 Å². The zero-order chi connectivity index (χ0) is 24.6. The van der Waals surface area contributed by atoms with Crippen LogP contribution in [0.4, 0.5) is 0 Å². The molecule has 0 saturated carbocycles. The lowest BCUT2D eigenvalue weighted by atomic mass is 10.0. The Hall–Kier alpha value is -4.27. The van der Waals surface area contributed by atoms with Gasteiger partial charge in [-0.25, -0.2) is 9.59 Å². The number of nitrogens with one attached hydrogen (secondary N) is 2. The normalized spacial score (nSPS) is 13.0. The first-order valence-corrected chi connectivity index (χ1v) is 10.7. The number of aromatic hydroxyl groups is 1. The number of aromatic amines is 1. The summed E-state index contributed by atoms with van der Waals surface area (Å²) in [5, 5.41) is 23.3. The molecule has 0 spiro atoms. The number of carbonyl (C=O) groups is 2. The highest BCUT2D eigenvalue weighted by molar-refractivity contribution is 5.89. The molecule has 0 radical (unpaired) electrons. The molecule has 2 heterocycles. The molecular formula is C25H24N2O7. The molecule has 0 aliphatic heterocycles. The van der Waals surface area contributed by atoms with Crippen LogP contribution in [0.2, 0.25) is 0 Å². The van der Waals surface area contributed by atoms with Crippen molar-refractivity contribution in [2.75, 3.05) is 0 Å². The fourth-order valence-electron chi connectivity index (χ4n) is 3.80. The Morgan fingerprint density at radius 3 is 2.62 bits per heavy atom. The number of aliphatic carboxylic acids is 1. The van der Waals surface area contributed by atoms with Crippen LogP contribution >= 0.6 is 0 Å². The van der Waals surface area contributed by atoms with Crippen LogP contribution in [-0.4, -0.2) is 39.2 Å². The average Bonchev–Trinajstić information content (AvgIpc) is 3.18. The summed E-state index contributed by atoms with van der Waals surface area (Å²) in [6.45, 7) is 5.01. The number of aryl methyl sites for hydroxylation is 1. The minimum absolute atomic E-state index is 0.0109. The van der Waals surface area contributed by atoms with Crippen LogP contribution in [0, 0.1) is 13.8 Å². The number of carboxylic acids is 1. The van der Waals surface area contributed by atoms with Crippen LogP contribution in [0.15, 0.2) is 51.8 Å². The molecule has 4 aromatic rings. The molecule has 2 aromatic carbocycles. The zero-order valence-electron chi connectivity index (χ0n) is 18.8. The number of benzene rings is 2. The third-order valence-corrected chi connectivity index (χ3v) is 5.90. The number of carbonyl (C=O) groups excluding carboxylic acids is 1. The molecule has 0 aliphatic rings. The predicted octanol–water partition coefficient (Wildman–Crippen LogP) is 3.18. The van der Waals surface area contributed by atoms with Crippen LogP contribution in [0.3, 0.4) is 0 Å². The second-order valence-electron chi connectivity index (χ2n) is 8.20. The standard InChI is InChI=1S/C25H24N2O7/c1-12-13(2)25(32)34-22-10-17(5-6-18(12)22)33-14(3)23(29)27-21(24(30)31)8-15-11-26-20-7-4-16(28)9-19(15)20/h4-7,9-11,14,21,26,28H,8H2,1-3H3,(H,27,29)(H,30,31)/t14-,21-/m1/s1. The highest BCUT2D eigenvalue weighted by Crippen LogP contribution is 2.25. The maximum Gasteiger partial charge on any atom is 0.339 e. The lowest BCUT2D eigenvalue weighted by Crippen LogP contribution is -2.47. The maximum absolute atomic E-state index is 12.7. The predicted molar refractivity (Wildman–Crippen MR) is 125 cm³/mol. The fraction of sp³-hybridized carbons (Fsp3) is 0.240. The van der Waals surface area contributed by atoms with E-state index in [-0.39, 0.29) is 12.2 Å². The summed E-state index contributed by atoms with van der Waals surface area (Å²) in [5.74, 6) is -1.45. The van der Waals surface area contributed by atoms with E-state index in [2.05, 4.69) is 10.3 Å². The van der Waals surface area contributed by atoms with Gasteiger partial charge in [0.2, 0.25) is 0 Å². The number of H-pyrrole nitrogens is 1. The summed E-state index contributed by atoms with van der Waals surface area (Å²) in [7, 11) is 0. The van der Waals surface area contributed by atoms with E-state index >= 15 is 0 Å². The van der Waals surface area contributed by atoms with Crippen molar-refractivity contribution in [3.05, 3.63) is 69.7 Å². The highest BCUT2D eigenvalue weighted by Gasteiger charge is 2.25. The van der Waals surface area contributed by atoms with Crippen LogP contribution in [0.5, 0.6) is 11.5 Å². The molecule has 0 aliphatic carbocycles. The molecule has 0 unspecified atom stereocenters. The van der Waals surface area contributed by atoms with E-state index in [9.17, 15) is 24.6 Å². The summed E-state index contributed by atoms with van der Waals surface area (Å²) in [5.41, 5.74) is 2.61.